The zero-order chi connectivity index (χ0) is 22.8. The fraction of sp³-hybridized carbons (Fsp3) is 0.250. The lowest BCUT2D eigenvalue weighted by atomic mass is 10.1. The molecule has 0 N–H and O–H groups in total. The summed E-state index contributed by atoms with van der Waals surface area (Å²) >= 11 is 0. The summed E-state index contributed by atoms with van der Waals surface area (Å²) in [5, 5.41) is 1.03. The second kappa shape index (κ2) is 9.02. The van der Waals surface area contributed by atoms with Crippen LogP contribution in [0.25, 0.3) is 10.9 Å². The third kappa shape index (κ3) is 3.95. The van der Waals surface area contributed by atoms with Crippen LogP contribution in [0.4, 0.5) is 5.69 Å². The molecule has 1 aliphatic heterocycles. The van der Waals surface area contributed by atoms with Crippen molar-refractivity contribution in [3.8, 4) is 5.75 Å². The Balaban J connectivity index is 1.41. The lowest BCUT2D eigenvalue weighted by Gasteiger charge is -2.36. The standard InChI is InChI=1S/C28H29N3O2/c1-21-27(23-12-6-7-13-24(23)31(21)20-22-10-4-3-5-11-22)28(32)30-18-16-29(17-19-30)25-14-8-9-15-26(25)33-2/h3-15H,16-20H2,1-2H3. The van der Waals surface area contributed by atoms with Gasteiger partial charge in [0.25, 0.3) is 5.91 Å². The maximum Gasteiger partial charge on any atom is 0.256 e. The van der Waals surface area contributed by atoms with E-state index in [0.717, 1.165) is 53.2 Å². The highest BCUT2D eigenvalue weighted by atomic mass is 16.5. The highest BCUT2D eigenvalue weighted by Crippen LogP contribution is 2.31. The van der Waals surface area contributed by atoms with Crippen molar-refractivity contribution in [1.82, 2.24) is 9.47 Å². The minimum absolute atomic E-state index is 0.121. The summed E-state index contributed by atoms with van der Waals surface area (Å²) < 4.78 is 7.80. The second-order valence-electron chi connectivity index (χ2n) is 8.50. The van der Waals surface area contributed by atoms with E-state index in [1.165, 1.54) is 5.56 Å². The normalized spacial score (nSPS) is 14.0. The second-order valence-corrected chi connectivity index (χ2v) is 8.50. The van der Waals surface area contributed by atoms with E-state index >= 15 is 0 Å². The van der Waals surface area contributed by atoms with Crippen molar-refractivity contribution in [3.05, 3.63) is 95.7 Å². The van der Waals surface area contributed by atoms with E-state index in [0.29, 0.717) is 13.1 Å². The number of para-hydroxylation sites is 3. The Morgan fingerprint density at radius 3 is 2.27 bits per heavy atom. The molecule has 5 nitrogen and oxygen atoms in total. The predicted octanol–water partition coefficient (Wildman–Crippen LogP) is 4.97. The molecular formula is C28H29N3O2. The van der Waals surface area contributed by atoms with Gasteiger partial charge in [0.1, 0.15) is 5.75 Å². The Bertz CT molecular complexity index is 1270. The molecule has 168 valence electrons. The lowest BCUT2D eigenvalue weighted by molar-refractivity contribution is 0.0747. The molecule has 0 saturated carbocycles. The van der Waals surface area contributed by atoms with Crippen molar-refractivity contribution in [2.45, 2.75) is 13.5 Å². The van der Waals surface area contributed by atoms with E-state index in [2.05, 4.69) is 58.9 Å². The molecule has 5 heteroatoms. The first-order valence-corrected chi connectivity index (χ1v) is 11.5. The fourth-order valence-electron chi connectivity index (χ4n) is 4.87. The molecule has 0 radical (unpaired) electrons. The average Bonchev–Trinajstić information content (AvgIpc) is 3.15. The first-order chi connectivity index (χ1) is 16.2. The van der Waals surface area contributed by atoms with Gasteiger partial charge in [-0.1, -0.05) is 60.7 Å². The molecule has 3 aromatic carbocycles. The van der Waals surface area contributed by atoms with Gasteiger partial charge in [-0.05, 0) is 30.7 Å². The smallest absolute Gasteiger partial charge is 0.256 e. The molecule has 4 aromatic rings. The molecule has 1 aromatic heterocycles. The van der Waals surface area contributed by atoms with Crippen LogP contribution >= 0.6 is 0 Å². The topological polar surface area (TPSA) is 37.7 Å². The largest absolute Gasteiger partial charge is 0.495 e. The fourth-order valence-corrected chi connectivity index (χ4v) is 4.87. The van der Waals surface area contributed by atoms with Crippen LogP contribution in [0.2, 0.25) is 0 Å². The van der Waals surface area contributed by atoms with Crippen LogP contribution in [-0.2, 0) is 6.54 Å². The molecule has 1 amide bonds. The SMILES string of the molecule is COc1ccccc1N1CCN(C(=O)c2c(C)n(Cc3ccccc3)c3ccccc23)CC1. The Kier molecular flexibility index (Phi) is 5.78. The molecular weight excluding hydrogens is 410 g/mol. The number of carbonyl (C=O) groups excluding carboxylic acids is 1. The van der Waals surface area contributed by atoms with E-state index in [1.807, 2.05) is 41.3 Å². The van der Waals surface area contributed by atoms with Gasteiger partial charge in [-0.15, -0.1) is 0 Å². The summed E-state index contributed by atoms with van der Waals surface area (Å²) in [5.74, 6) is 0.993. The van der Waals surface area contributed by atoms with Crippen molar-refractivity contribution < 1.29 is 9.53 Å². The number of ether oxygens (including phenoxy) is 1. The van der Waals surface area contributed by atoms with Gasteiger partial charge < -0.3 is 19.1 Å². The van der Waals surface area contributed by atoms with Crippen LogP contribution in [0, 0.1) is 6.92 Å². The van der Waals surface area contributed by atoms with Gasteiger partial charge in [-0.25, -0.2) is 0 Å². The van der Waals surface area contributed by atoms with E-state index in [9.17, 15) is 4.79 Å². The number of aromatic nitrogens is 1. The van der Waals surface area contributed by atoms with Crippen molar-refractivity contribution in [1.29, 1.82) is 0 Å². The average molecular weight is 440 g/mol. The summed E-state index contributed by atoms with van der Waals surface area (Å²) in [4.78, 5) is 18.0. The highest BCUT2D eigenvalue weighted by molar-refractivity contribution is 6.08. The maximum absolute atomic E-state index is 13.7. The molecule has 2 heterocycles. The van der Waals surface area contributed by atoms with Crippen molar-refractivity contribution in [2.75, 3.05) is 38.2 Å². The van der Waals surface area contributed by atoms with Crippen LogP contribution in [0.5, 0.6) is 5.75 Å². The van der Waals surface area contributed by atoms with Gasteiger partial charge in [0, 0.05) is 49.3 Å². The number of hydrogen-bond donors (Lipinski definition) is 0. The van der Waals surface area contributed by atoms with Crippen molar-refractivity contribution in [2.24, 2.45) is 0 Å². The number of methoxy groups -OCH3 is 1. The van der Waals surface area contributed by atoms with Gasteiger partial charge >= 0.3 is 0 Å². The van der Waals surface area contributed by atoms with Crippen molar-refractivity contribution >= 4 is 22.5 Å². The maximum atomic E-state index is 13.7. The van der Waals surface area contributed by atoms with Gasteiger partial charge in [-0.3, -0.25) is 4.79 Å². The van der Waals surface area contributed by atoms with Crippen LogP contribution in [0.1, 0.15) is 21.6 Å². The van der Waals surface area contributed by atoms with E-state index < -0.39 is 0 Å². The highest BCUT2D eigenvalue weighted by Gasteiger charge is 2.28. The number of benzene rings is 3. The van der Waals surface area contributed by atoms with E-state index in [1.54, 1.807) is 7.11 Å². The number of fused-ring (bicyclic) bond motifs is 1. The molecule has 33 heavy (non-hydrogen) atoms. The summed E-state index contributed by atoms with van der Waals surface area (Å²) in [6, 6.07) is 26.7. The minimum atomic E-state index is 0.121. The third-order valence-electron chi connectivity index (χ3n) is 6.62. The molecule has 0 atom stereocenters. The van der Waals surface area contributed by atoms with E-state index in [-0.39, 0.29) is 5.91 Å². The van der Waals surface area contributed by atoms with Crippen LogP contribution in [-0.4, -0.2) is 48.7 Å². The van der Waals surface area contributed by atoms with Crippen molar-refractivity contribution in [3.63, 3.8) is 0 Å². The lowest BCUT2D eigenvalue weighted by Crippen LogP contribution is -2.49. The first-order valence-electron chi connectivity index (χ1n) is 11.5. The monoisotopic (exact) mass is 439 g/mol. The molecule has 0 bridgehead atoms. The molecule has 0 unspecified atom stereocenters. The molecule has 5 rings (SSSR count). The zero-order valence-electron chi connectivity index (χ0n) is 19.2. The summed E-state index contributed by atoms with van der Waals surface area (Å²) in [6.07, 6.45) is 0. The van der Waals surface area contributed by atoms with Crippen LogP contribution in [0.3, 0.4) is 0 Å². The zero-order valence-corrected chi connectivity index (χ0v) is 19.2. The summed E-state index contributed by atoms with van der Waals surface area (Å²) in [6.45, 7) is 5.77. The van der Waals surface area contributed by atoms with Crippen LogP contribution < -0.4 is 9.64 Å². The summed E-state index contributed by atoms with van der Waals surface area (Å²) in [7, 11) is 1.70. The van der Waals surface area contributed by atoms with E-state index in [4.69, 9.17) is 4.74 Å². The third-order valence-corrected chi connectivity index (χ3v) is 6.62. The molecule has 0 spiro atoms. The molecule has 0 aliphatic carbocycles. The summed E-state index contributed by atoms with van der Waals surface area (Å²) in [5.41, 5.74) is 5.27. The Hall–Kier alpha value is -3.73. The van der Waals surface area contributed by atoms with Gasteiger partial charge in [0.15, 0.2) is 0 Å². The number of carbonyl (C=O) groups is 1. The molecule has 1 saturated heterocycles. The number of amides is 1. The van der Waals surface area contributed by atoms with Gasteiger partial charge in [0.05, 0.1) is 18.4 Å². The number of nitrogens with zero attached hydrogens (tertiary/aromatic N) is 3. The number of rotatable bonds is 5. The quantitative estimate of drug-likeness (QED) is 0.441. The molecule has 1 fully saturated rings. The Morgan fingerprint density at radius 2 is 1.52 bits per heavy atom. The van der Waals surface area contributed by atoms with Gasteiger partial charge in [0.2, 0.25) is 0 Å². The number of hydrogen-bond acceptors (Lipinski definition) is 3. The minimum Gasteiger partial charge on any atom is -0.495 e. The first kappa shape index (κ1) is 21.1. The molecule has 1 aliphatic rings. The predicted molar refractivity (Wildman–Crippen MR) is 133 cm³/mol. The number of piperazine rings is 1. The Labute approximate surface area is 194 Å². The van der Waals surface area contributed by atoms with Crippen LogP contribution in [0.15, 0.2) is 78.9 Å². The Morgan fingerprint density at radius 1 is 0.848 bits per heavy atom. The van der Waals surface area contributed by atoms with Gasteiger partial charge in [-0.2, -0.15) is 0 Å². The number of anilines is 1.